The van der Waals surface area contributed by atoms with Crippen LogP contribution in [0.4, 0.5) is 0 Å². The maximum absolute atomic E-state index is 12.8. The number of amides is 1. The number of rotatable bonds is 4. The van der Waals surface area contributed by atoms with Crippen molar-refractivity contribution in [3.8, 4) is 0 Å². The first-order valence-electron chi connectivity index (χ1n) is 9.53. The first-order chi connectivity index (χ1) is 12.1. The molecule has 3 rings (SSSR count). The van der Waals surface area contributed by atoms with Gasteiger partial charge in [0, 0.05) is 10.6 Å². The van der Waals surface area contributed by atoms with E-state index in [-0.39, 0.29) is 5.91 Å². The second-order valence-electron chi connectivity index (χ2n) is 7.30. The van der Waals surface area contributed by atoms with Crippen molar-refractivity contribution >= 4 is 17.2 Å². The molecule has 0 aliphatic heterocycles. The first kappa shape index (κ1) is 18.2. The highest BCUT2D eigenvalue weighted by Crippen LogP contribution is 2.35. The summed E-state index contributed by atoms with van der Waals surface area (Å²) in [5, 5.41) is 5.39. The molecule has 1 heterocycles. The van der Waals surface area contributed by atoms with Gasteiger partial charge in [-0.25, -0.2) is 0 Å². The molecule has 2 aliphatic carbocycles. The van der Waals surface area contributed by atoms with Gasteiger partial charge in [0.1, 0.15) is 0 Å². The summed E-state index contributed by atoms with van der Waals surface area (Å²) < 4.78 is 0. The molecule has 0 fully saturated rings. The molecular formula is C22H29NOS. The monoisotopic (exact) mass is 355 g/mol. The molecule has 0 aromatic carbocycles. The Morgan fingerprint density at radius 2 is 1.96 bits per heavy atom. The van der Waals surface area contributed by atoms with Crippen LogP contribution in [0.25, 0.3) is 0 Å². The maximum atomic E-state index is 12.8. The lowest BCUT2D eigenvalue weighted by atomic mass is 10.0. The van der Waals surface area contributed by atoms with Crippen LogP contribution in [0.5, 0.6) is 0 Å². The summed E-state index contributed by atoms with van der Waals surface area (Å²) in [7, 11) is 0. The molecule has 0 atom stereocenters. The Morgan fingerprint density at radius 3 is 2.76 bits per heavy atom. The molecule has 0 bridgehead atoms. The third-order valence-electron chi connectivity index (χ3n) is 5.31. The van der Waals surface area contributed by atoms with Crippen molar-refractivity contribution in [2.24, 2.45) is 0 Å². The smallest absolute Gasteiger partial charge is 0.228 e. The minimum Gasteiger partial charge on any atom is -0.326 e. The number of thiophene rings is 1. The van der Waals surface area contributed by atoms with Gasteiger partial charge in [0.05, 0.1) is 6.42 Å². The van der Waals surface area contributed by atoms with Crippen LogP contribution < -0.4 is 5.32 Å². The van der Waals surface area contributed by atoms with Crippen LogP contribution in [0.1, 0.15) is 69.7 Å². The molecule has 134 valence electrons. The minimum atomic E-state index is 0.126. The van der Waals surface area contributed by atoms with Gasteiger partial charge in [-0.05, 0) is 92.5 Å². The molecule has 0 saturated heterocycles. The van der Waals surface area contributed by atoms with Gasteiger partial charge >= 0.3 is 0 Å². The van der Waals surface area contributed by atoms with Crippen LogP contribution >= 0.6 is 11.3 Å². The van der Waals surface area contributed by atoms with Crippen molar-refractivity contribution in [3.05, 3.63) is 56.0 Å². The number of hydrogen-bond donors (Lipinski definition) is 1. The van der Waals surface area contributed by atoms with E-state index >= 15 is 0 Å². The van der Waals surface area contributed by atoms with E-state index in [0.29, 0.717) is 6.42 Å². The van der Waals surface area contributed by atoms with Crippen LogP contribution in [-0.2, 0) is 17.6 Å². The molecule has 2 aliphatic rings. The van der Waals surface area contributed by atoms with Crippen LogP contribution in [-0.4, -0.2) is 5.91 Å². The van der Waals surface area contributed by atoms with Crippen molar-refractivity contribution in [2.75, 3.05) is 0 Å². The van der Waals surface area contributed by atoms with Crippen LogP contribution in [0.3, 0.4) is 0 Å². The molecule has 0 spiro atoms. The first-order valence-corrected chi connectivity index (χ1v) is 10.4. The number of carbonyl (C=O) groups excluding carboxylic acids is 1. The lowest BCUT2D eigenvalue weighted by molar-refractivity contribution is -0.119. The number of nitrogens with one attached hydrogen (secondary N) is 1. The van der Waals surface area contributed by atoms with Crippen molar-refractivity contribution in [1.29, 1.82) is 0 Å². The van der Waals surface area contributed by atoms with Gasteiger partial charge in [-0.1, -0.05) is 18.6 Å². The maximum Gasteiger partial charge on any atom is 0.228 e. The Hall–Kier alpha value is -1.61. The summed E-state index contributed by atoms with van der Waals surface area (Å²) in [6.07, 6.45) is 10.7. The van der Waals surface area contributed by atoms with Crippen molar-refractivity contribution < 1.29 is 4.79 Å². The van der Waals surface area contributed by atoms with E-state index in [0.717, 1.165) is 37.8 Å². The average Bonchev–Trinajstić information content (AvgIpc) is 3.21. The van der Waals surface area contributed by atoms with Gasteiger partial charge in [0.25, 0.3) is 0 Å². The van der Waals surface area contributed by atoms with Crippen LogP contribution in [0.15, 0.2) is 45.5 Å². The number of allylic oxidation sites excluding steroid dienone is 5. The van der Waals surface area contributed by atoms with Gasteiger partial charge in [0.15, 0.2) is 0 Å². The third-order valence-corrected chi connectivity index (χ3v) is 6.41. The molecule has 1 aromatic rings. The molecule has 3 heteroatoms. The number of hydrogen-bond acceptors (Lipinski definition) is 2. The lowest BCUT2D eigenvalue weighted by Crippen LogP contribution is -2.26. The zero-order valence-electron chi connectivity index (χ0n) is 15.7. The Balaban J connectivity index is 1.84. The highest BCUT2D eigenvalue weighted by Gasteiger charge is 2.21. The largest absolute Gasteiger partial charge is 0.326 e. The van der Waals surface area contributed by atoms with Gasteiger partial charge in [-0.15, -0.1) is 11.3 Å². The Kier molecular flexibility index (Phi) is 5.95. The number of aryl methyl sites for hydroxylation is 1. The molecule has 1 amide bonds. The third kappa shape index (κ3) is 4.33. The van der Waals surface area contributed by atoms with Crippen molar-refractivity contribution in [2.45, 2.75) is 72.1 Å². The fourth-order valence-electron chi connectivity index (χ4n) is 3.97. The quantitative estimate of drug-likeness (QED) is 0.721. The number of carbonyl (C=O) groups is 1. The fraction of sp³-hybridized carbons (Fsp3) is 0.500. The molecule has 0 radical (unpaired) electrons. The standard InChI is InChI=1S/C22H29NOS/c1-4-20-18(11-12-25-20)14-21(24)23-22-16(3)8-5-7-15(2)13-17-9-6-10-19(17)22/h11-13H,4-10,14H2,1-3H3,(H,23,24)/b15-13+,22-16-. The van der Waals surface area contributed by atoms with E-state index in [1.54, 1.807) is 11.3 Å². The summed E-state index contributed by atoms with van der Waals surface area (Å²) in [6.45, 7) is 6.59. The minimum absolute atomic E-state index is 0.126. The van der Waals surface area contributed by atoms with E-state index in [2.05, 4.69) is 43.6 Å². The van der Waals surface area contributed by atoms with E-state index in [9.17, 15) is 4.79 Å². The van der Waals surface area contributed by atoms with E-state index < -0.39 is 0 Å². The predicted molar refractivity (Wildman–Crippen MR) is 107 cm³/mol. The second kappa shape index (κ2) is 8.18. The Labute approximate surface area is 155 Å². The zero-order valence-corrected chi connectivity index (χ0v) is 16.5. The average molecular weight is 356 g/mol. The highest BCUT2D eigenvalue weighted by atomic mass is 32.1. The van der Waals surface area contributed by atoms with E-state index in [1.165, 1.54) is 45.6 Å². The molecular weight excluding hydrogens is 326 g/mol. The van der Waals surface area contributed by atoms with Crippen molar-refractivity contribution in [1.82, 2.24) is 5.32 Å². The van der Waals surface area contributed by atoms with Gasteiger partial charge in [-0.2, -0.15) is 0 Å². The van der Waals surface area contributed by atoms with Crippen LogP contribution in [0.2, 0.25) is 0 Å². The molecule has 1 aromatic heterocycles. The van der Waals surface area contributed by atoms with Crippen molar-refractivity contribution in [3.63, 3.8) is 0 Å². The molecule has 0 saturated carbocycles. The second-order valence-corrected chi connectivity index (χ2v) is 8.31. The van der Waals surface area contributed by atoms with E-state index in [1.807, 2.05) is 0 Å². The lowest BCUT2D eigenvalue weighted by Gasteiger charge is -2.16. The van der Waals surface area contributed by atoms with Gasteiger partial charge in [-0.3, -0.25) is 4.79 Å². The summed E-state index contributed by atoms with van der Waals surface area (Å²) in [5.74, 6) is 0.126. The summed E-state index contributed by atoms with van der Waals surface area (Å²) in [5.41, 5.74) is 7.94. The normalized spacial score (nSPS) is 23.4. The highest BCUT2D eigenvalue weighted by molar-refractivity contribution is 7.10. The molecule has 1 N–H and O–H groups in total. The SMILES string of the molecule is CCc1sccc1CC(=O)N/C1=C(/C)CCC/C(C)=C/C2=C1CCC2. The van der Waals surface area contributed by atoms with Gasteiger partial charge < -0.3 is 5.32 Å². The summed E-state index contributed by atoms with van der Waals surface area (Å²) in [6, 6.07) is 2.10. The Bertz CT molecular complexity index is 748. The topological polar surface area (TPSA) is 29.1 Å². The summed E-state index contributed by atoms with van der Waals surface area (Å²) in [4.78, 5) is 14.1. The zero-order chi connectivity index (χ0) is 17.8. The predicted octanol–water partition coefficient (Wildman–Crippen LogP) is 5.85. The Morgan fingerprint density at radius 1 is 1.16 bits per heavy atom. The van der Waals surface area contributed by atoms with Crippen LogP contribution in [0, 0.1) is 0 Å². The molecule has 25 heavy (non-hydrogen) atoms. The molecule has 0 unspecified atom stereocenters. The molecule has 2 nitrogen and oxygen atoms in total. The van der Waals surface area contributed by atoms with Gasteiger partial charge in [0.2, 0.25) is 5.91 Å². The van der Waals surface area contributed by atoms with E-state index in [4.69, 9.17) is 0 Å². The summed E-state index contributed by atoms with van der Waals surface area (Å²) >= 11 is 1.75. The fourth-order valence-corrected chi connectivity index (χ4v) is 4.82.